The Morgan fingerprint density at radius 3 is 2.94 bits per heavy atom. The largest absolute Gasteiger partial charge is 0.326 e. The Morgan fingerprint density at radius 2 is 2.33 bits per heavy atom. The first kappa shape index (κ1) is 14.4. The third kappa shape index (κ3) is 3.29. The van der Waals surface area contributed by atoms with E-state index in [0.717, 1.165) is 11.7 Å². The van der Waals surface area contributed by atoms with Gasteiger partial charge in [0.15, 0.2) is 0 Å². The fraction of sp³-hybridized carbons (Fsp3) is 0.714. The molecule has 102 valence electrons. The number of rotatable bonds is 5. The molecule has 1 aromatic heterocycles. The Morgan fingerprint density at radius 1 is 1.50 bits per heavy atom. The van der Waals surface area contributed by atoms with Crippen molar-refractivity contribution in [2.75, 3.05) is 18.8 Å². The van der Waals surface area contributed by atoms with Gasteiger partial charge < -0.3 is 5.73 Å². The normalized spacial score (nSPS) is 24.9. The molecular formula is C14H24N2S2. The van der Waals surface area contributed by atoms with Crippen molar-refractivity contribution in [2.24, 2.45) is 5.73 Å². The first-order valence-electron chi connectivity index (χ1n) is 6.89. The van der Waals surface area contributed by atoms with E-state index in [9.17, 15) is 0 Å². The summed E-state index contributed by atoms with van der Waals surface area (Å²) in [6, 6.07) is 2.91. The van der Waals surface area contributed by atoms with Gasteiger partial charge in [0.25, 0.3) is 0 Å². The van der Waals surface area contributed by atoms with Gasteiger partial charge in [0.2, 0.25) is 0 Å². The predicted molar refractivity (Wildman–Crippen MR) is 83.4 cm³/mol. The zero-order valence-electron chi connectivity index (χ0n) is 11.3. The molecule has 1 aromatic rings. The predicted octanol–water partition coefficient (Wildman–Crippen LogP) is 3.35. The first-order chi connectivity index (χ1) is 8.76. The standard InChI is InChI=1S/C14H24N2S2/c1-3-12-9-16(6-8-18-12)14(13(15)4-2)11-5-7-17-10-11/h5,7,10,12-14H,3-4,6,8-9,15H2,1-2H3. The Balaban J connectivity index is 2.13. The number of nitrogens with two attached hydrogens (primary N) is 1. The maximum absolute atomic E-state index is 6.38. The van der Waals surface area contributed by atoms with Crippen molar-refractivity contribution >= 4 is 23.1 Å². The van der Waals surface area contributed by atoms with Crippen molar-refractivity contribution in [3.05, 3.63) is 22.4 Å². The van der Waals surface area contributed by atoms with E-state index in [4.69, 9.17) is 5.73 Å². The summed E-state index contributed by atoms with van der Waals surface area (Å²) in [6.45, 7) is 6.85. The molecule has 4 heteroatoms. The summed E-state index contributed by atoms with van der Waals surface area (Å²) in [7, 11) is 0. The molecular weight excluding hydrogens is 260 g/mol. The Kier molecular flexibility index (Phi) is 5.55. The van der Waals surface area contributed by atoms with Crippen molar-refractivity contribution < 1.29 is 0 Å². The highest BCUT2D eigenvalue weighted by Crippen LogP contribution is 2.32. The molecule has 3 atom stereocenters. The van der Waals surface area contributed by atoms with Crippen LogP contribution in [0.3, 0.4) is 0 Å². The lowest BCUT2D eigenvalue weighted by molar-refractivity contribution is 0.174. The van der Waals surface area contributed by atoms with Gasteiger partial charge >= 0.3 is 0 Å². The number of thioether (sulfide) groups is 1. The molecule has 2 N–H and O–H groups in total. The van der Waals surface area contributed by atoms with Gasteiger partial charge in [-0.25, -0.2) is 0 Å². The van der Waals surface area contributed by atoms with Crippen molar-refractivity contribution in [3.63, 3.8) is 0 Å². The lowest BCUT2D eigenvalue weighted by atomic mass is 9.98. The molecule has 1 aliphatic rings. The third-order valence-corrected chi connectivity index (χ3v) is 5.85. The van der Waals surface area contributed by atoms with Crippen LogP contribution in [0.5, 0.6) is 0 Å². The van der Waals surface area contributed by atoms with E-state index in [0.29, 0.717) is 6.04 Å². The summed E-state index contributed by atoms with van der Waals surface area (Å²) in [5, 5.41) is 5.22. The maximum Gasteiger partial charge on any atom is 0.0508 e. The number of nitrogens with zero attached hydrogens (tertiary/aromatic N) is 1. The molecule has 18 heavy (non-hydrogen) atoms. The fourth-order valence-electron chi connectivity index (χ4n) is 2.64. The molecule has 2 rings (SSSR count). The quantitative estimate of drug-likeness (QED) is 0.899. The molecule has 0 radical (unpaired) electrons. The minimum Gasteiger partial charge on any atom is -0.326 e. The van der Waals surface area contributed by atoms with Crippen LogP contribution < -0.4 is 5.73 Å². The minimum absolute atomic E-state index is 0.250. The van der Waals surface area contributed by atoms with Gasteiger partial charge in [0, 0.05) is 30.1 Å². The fourth-order valence-corrected chi connectivity index (χ4v) is 4.53. The monoisotopic (exact) mass is 284 g/mol. The van der Waals surface area contributed by atoms with E-state index in [1.165, 1.54) is 30.8 Å². The molecule has 0 saturated carbocycles. The van der Waals surface area contributed by atoms with Crippen LogP contribution in [0.25, 0.3) is 0 Å². The van der Waals surface area contributed by atoms with E-state index in [1.807, 2.05) is 0 Å². The summed E-state index contributed by atoms with van der Waals surface area (Å²) in [5.41, 5.74) is 7.80. The van der Waals surface area contributed by atoms with E-state index in [1.54, 1.807) is 11.3 Å². The van der Waals surface area contributed by atoms with Gasteiger partial charge in [-0.15, -0.1) is 0 Å². The average molecular weight is 284 g/mol. The van der Waals surface area contributed by atoms with Crippen LogP contribution in [0.2, 0.25) is 0 Å². The second kappa shape index (κ2) is 6.94. The second-order valence-corrected chi connectivity index (χ2v) is 7.16. The van der Waals surface area contributed by atoms with Crippen molar-refractivity contribution in [3.8, 4) is 0 Å². The first-order valence-corrected chi connectivity index (χ1v) is 8.88. The van der Waals surface area contributed by atoms with Gasteiger partial charge in [-0.05, 0) is 35.2 Å². The number of hydrogen-bond acceptors (Lipinski definition) is 4. The molecule has 2 nitrogen and oxygen atoms in total. The minimum atomic E-state index is 0.250. The van der Waals surface area contributed by atoms with Crippen molar-refractivity contribution in [1.82, 2.24) is 4.90 Å². The van der Waals surface area contributed by atoms with Crippen LogP contribution >= 0.6 is 23.1 Å². The van der Waals surface area contributed by atoms with Crippen LogP contribution in [0.1, 0.15) is 38.3 Å². The zero-order valence-corrected chi connectivity index (χ0v) is 13.0. The van der Waals surface area contributed by atoms with E-state index in [2.05, 4.69) is 47.3 Å². The zero-order chi connectivity index (χ0) is 13.0. The molecule has 3 unspecified atom stereocenters. The van der Waals surface area contributed by atoms with E-state index < -0.39 is 0 Å². The van der Waals surface area contributed by atoms with E-state index >= 15 is 0 Å². The number of hydrogen-bond donors (Lipinski definition) is 1. The summed E-state index contributed by atoms with van der Waals surface area (Å²) in [6.07, 6.45) is 2.31. The second-order valence-electron chi connectivity index (χ2n) is 4.97. The molecule has 0 amide bonds. The molecule has 0 aromatic carbocycles. The van der Waals surface area contributed by atoms with Crippen LogP contribution in [-0.4, -0.2) is 35.0 Å². The lowest BCUT2D eigenvalue weighted by Crippen LogP contribution is -2.46. The highest BCUT2D eigenvalue weighted by molar-refractivity contribution is 8.00. The van der Waals surface area contributed by atoms with Gasteiger partial charge in [-0.1, -0.05) is 13.8 Å². The summed E-state index contributed by atoms with van der Waals surface area (Å²) in [5.74, 6) is 1.25. The molecule has 1 saturated heterocycles. The van der Waals surface area contributed by atoms with Crippen LogP contribution in [0, 0.1) is 0 Å². The maximum atomic E-state index is 6.38. The van der Waals surface area contributed by atoms with Gasteiger partial charge in [0.05, 0.1) is 6.04 Å². The molecule has 1 aliphatic heterocycles. The van der Waals surface area contributed by atoms with Gasteiger partial charge in [-0.2, -0.15) is 23.1 Å². The van der Waals surface area contributed by atoms with Crippen LogP contribution in [0.4, 0.5) is 0 Å². The number of thiophene rings is 1. The lowest BCUT2D eigenvalue weighted by Gasteiger charge is -2.40. The summed E-state index contributed by atoms with van der Waals surface area (Å²) in [4.78, 5) is 2.61. The van der Waals surface area contributed by atoms with Gasteiger partial charge in [-0.3, -0.25) is 4.90 Å². The highest BCUT2D eigenvalue weighted by Gasteiger charge is 2.30. The molecule has 0 bridgehead atoms. The SMILES string of the molecule is CCC1CN(C(c2ccsc2)C(N)CC)CCS1. The molecule has 0 aliphatic carbocycles. The Bertz CT molecular complexity index is 340. The molecule has 2 heterocycles. The highest BCUT2D eigenvalue weighted by atomic mass is 32.2. The van der Waals surface area contributed by atoms with Crippen molar-refractivity contribution in [2.45, 2.75) is 44.0 Å². The van der Waals surface area contributed by atoms with Crippen LogP contribution in [-0.2, 0) is 0 Å². The van der Waals surface area contributed by atoms with Crippen LogP contribution in [0.15, 0.2) is 16.8 Å². The Labute approximate surface area is 119 Å². The van der Waals surface area contributed by atoms with Crippen molar-refractivity contribution in [1.29, 1.82) is 0 Å². The smallest absolute Gasteiger partial charge is 0.0508 e. The summed E-state index contributed by atoms with van der Waals surface area (Å²) < 4.78 is 0. The van der Waals surface area contributed by atoms with E-state index in [-0.39, 0.29) is 6.04 Å². The average Bonchev–Trinajstić information content (AvgIpc) is 2.93. The van der Waals surface area contributed by atoms with Gasteiger partial charge in [0.1, 0.15) is 0 Å². The summed E-state index contributed by atoms with van der Waals surface area (Å²) >= 11 is 3.90. The molecule has 1 fully saturated rings. The Hall–Kier alpha value is -0.0300. The molecule has 0 spiro atoms. The third-order valence-electron chi connectivity index (χ3n) is 3.78. The topological polar surface area (TPSA) is 29.3 Å².